The van der Waals surface area contributed by atoms with Crippen LogP contribution in [-0.2, 0) is 22.0 Å². The molecule has 2 heterocycles. The summed E-state index contributed by atoms with van der Waals surface area (Å²) in [5.41, 5.74) is 4.91. The summed E-state index contributed by atoms with van der Waals surface area (Å²) in [5.74, 6) is -2.97. The first-order chi connectivity index (χ1) is 21.8. The Labute approximate surface area is 269 Å². The van der Waals surface area contributed by atoms with Crippen molar-refractivity contribution < 1.29 is 45.6 Å². The van der Waals surface area contributed by atoms with Crippen LogP contribution in [0.1, 0.15) is 88.2 Å². The SMILES string of the molecule is C[C@]12CC[C@@H]3c4ccc(OC(=O)N5C6CCC5COC6)cc4C[C@@H](CCCS(=O)CCCC(F)(F)C(F)(F)F)[C@H]3[C@@H]1CCC2NO. The summed E-state index contributed by atoms with van der Waals surface area (Å²) in [5, 5.41) is 9.95. The van der Waals surface area contributed by atoms with E-state index in [-0.39, 0.29) is 47.1 Å². The number of alkyl halides is 5. The van der Waals surface area contributed by atoms with Gasteiger partial charge in [0.1, 0.15) is 5.75 Å². The molecular weight excluding hydrogens is 631 g/mol. The van der Waals surface area contributed by atoms with E-state index < -0.39 is 35.7 Å². The first kappa shape index (κ1) is 34.0. The maximum Gasteiger partial charge on any atom is 0.453 e. The molecule has 2 bridgehead atoms. The van der Waals surface area contributed by atoms with Crippen LogP contribution in [0.5, 0.6) is 5.75 Å². The molecule has 4 unspecified atom stereocenters. The number of nitrogens with one attached hydrogen (secondary N) is 1. The molecule has 2 N–H and O–H groups in total. The maximum atomic E-state index is 13.3. The number of nitrogens with zero attached hydrogens (tertiary/aromatic N) is 1. The summed E-state index contributed by atoms with van der Waals surface area (Å²) < 4.78 is 88.3. The quantitative estimate of drug-likeness (QED) is 0.205. The number of rotatable bonds is 10. The lowest BCUT2D eigenvalue weighted by Crippen LogP contribution is -2.50. The van der Waals surface area contributed by atoms with Crippen LogP contribution in [0.15, 0.2) is 18.2 Å². The fourth-order valence-corrected chi connectivity index (χ4v) is 10.8. The van der Waals surface area contributed by atoms with Gasteiger partial charge in [-0.05, 0) is 117 Å². The van der Waals surface area contributed by atoms with E-state index in [0.717, 1.165) is 56.9 Å². The van der Waals surface area contributed by atoms with Crippen LogP contribution in [-0.4, -0.2) is 75.4 Å². The lowest BCUT2D eigenvalue weighted by molar-refractivity contribution is -0.284. The number of fused-ring (bicyclic) bond motifs is 7. The van der Waals surface area contributed by atoms with E-state index in [1.54, 1.807) is 0 Å². The Morgan fingerprint density at radius 2 is 1.80 bits per heavy atom. The highest BCUT2D eigenvalue weighted by Crippen LogP contribution is 2.62. The number of ether oxygens (including phenoxy) is 2. The second-order valence-corrected chi connectivity index (χ2v) is 16.1. The molecule has 7 nitrogen and oxygen atoms in total. The average molecular weight is 677 g/mol. The van der Waals surface area contributed by atoms with Crippen molar-refractivity contribution in [1.29, 1.82) is 0 Å². The third kappa shape index (κ3) is 6.46. The molecular formula is C33H45F5N2O5S. The molecule has 0 radical (unpaired) electrons. The lowest BCUT2D eigenvalue weighted by atomic mass is 9.52. The molecule has 0 aromatic heterocycles. The fraction of sp³-hybridized carbons (Fsp3) is 0.788. The van der Waals surface area contributed by atoms with Crippen molar-refractivity contribution in [2.45, 2.75) is 114 Å². The maximum absolute atomic E-state index is 13.3. The predicted octanol–water partition coefficient (Wildman–Crippen LogP) is 6.98. The largest absolute Gasteiger partial charge is 0.453 e. The molecule has 9 atom stereocenters. The molecule has 4 fully saturated rings. The van der Waals surface area contributed by atoms with Gasteiger partial charge in [0.05, 0.1) is 25.3 Å². The molecule has 3 aliphatic carbocycles. The second kappa shape index (κ2) is 13.2. The summed E-state index contributed by atoms with van der Waals surface area (Å²) >= 11 is 0. The van der Waals surface area contributed by atoms with E-state index in [1.807, 2.05) is 17.0 Å². The van der Waals surface area contributed by atoms with Gasteiger partial charge in [0.2, 0.25) is 0 Å². The van der Waals surface area contributed by atoms with Crippen molar-refractivity contribution in [1.82, 2.24) is 10.4 Å². The van der Waals surface area contributed by atoms with Gasteiger partial charge in [-0.15, -0.1) is 0 Å². The Morgan fingerprint density at radius 3 is 2.50 bits per heavy atom. The van der Waals surface area contributed by atoms with Crippen molar-refractivity contribution >= 4 is 16.9 Å². The van der Waals surface area contributed by atoms with Crippen molar-refractivity contribution in [3.63, 3.8) is 0 Å². The van der Waals surface area contributed by atoms with Crippen molar-refractivity contribution in [3.8, 4) is 5.75 Å². The number of carbonyl (C=O) groups excluding carboxylic acids is 1. The van der Waals surface area contributed by atoms with E-state index in [0.29, 0.717) is 43.1 Å². The number of hydroxylamine groups is 1. The second-order valence-electron chi connectivity index (χ2n) is 14.4. The van der Waals surface area contributed by atoms with Crippen LogP contribution in [0.2, 0.25) is 0 Å². The van der Waals surface area contributed by atoms with Crippen molar-refractivity contribution in [3.05, 3.63) is 29.3 Å². The minimum Gasteiger partial charge on any atom is -0.410 e. The summed E-state index contributed by atoms with van der Waals surface area (Å²) in [6, 6.07) is 6.08. The van der Waals surface area contributed by atoms with E-state index >= 15 is 0 Å². The van der Waals surface area contributed by atoms with E-state index in [2.05, 4.69) is 18.5 Å². The fourth-order valence-electron chi connectivity index (χ4n) is 9.61. The molecule has 258 valence electrons. The van der Waals surface area contributed by atoms with Crippen LogP contribution in [0.4, 0.5) is 26.7 Å². The molecule has 1 amide bonds. The Balaban J connectivity index is 1.14. The minimum absolute atomic E-state index is 0.0140. The average Bonchev–Trinajstić information content (AvgIpc) is 3.47. The third-order valence-corrected chi connectivity index (χ3v) is 13.4. The standard InChI is InChI=1S/C33H45F5N2O5S/c1-31-13-11-26-25-8-7-24(45-30(41)40-22-5-6-23(40)19-44-18-22)17-21(25)16-20(29(26)27(31)9-10-28(31)39-42)4-2-14-46(43)15-3-12-32(34,35)33(36,37)38/h7-8,17,20,22-23,26-29,39,42H,2-6,9-16,18-19H2,1H3/t20-,22?,23?,26-,27+,28?,29-,31+,46?/m1/s1. The summed E-state index contributed by atoms with van der Waals surface area (Å²) in [7, 11) is -1.49. The summed E-state index contributed by atoms with van der Waals surface area (Å²) in [6.45, 7) is 3.31. The molecule has 2 saturated heterocycles. The Bertz CT molecular complexity index is 1280. The molecule has 1 aromatic rings. The smallest absolute Gasteiger partial charge is 0.410 e. The number of carbonyl (C=O) groups is 1. The van der Waals surface area contributed by atoms with Gasteiger partial charge >= 0.3 is 18.2 Å². The van der Waals surface area contributed by atoms with E-state index in [1.165, 1.54) is 5.56 Å². The number of benzene rings is 1. The van der Waals surface area contributed by atoms with Crippen LogP contribution < -0.4 is 10.2 Å². The van der Waals surface area contributed by atoms with Crippen LogP contribution in [0.3, 0.4) is 0 Å². The normalized spacial score (nSPS) is 34.5. The third-order valence-electron chi connectivity index (χ3n) is 11.9. The van der Waals surface area contributed by atoms with Gasteiger partial charge in [-0.2, -0.15) is 22.0 Å². The van der Waals surface area contributed by atoms with E-state index in [4.69, 9.17) is 9.47 Å². The zero-order chi connectivity index (χ0) is 32.9. The first-order valence-electron chi connectivity index (χ1n) is 16.7. The van der Waals surface area contributed by atoms with Crippen LogP contribution >= 0.6 is 0 Å². The van der Waals surface area contributed by atoms with Gasteiger partial charge in [-0.25, -0.2) is 10.3 Å². The number of hydrogen-bond donors (Lipinski definition) is 2. The first-order valence-corrected chi connectivity index (χ1v) is 18.2. The lowest BCUT2D eigenvalue weighted by Gasteiger charge is -2.53. The van der Waals surface area contributed by atoms with E-state index in [9.17, 15) is 36.2 Å². The molecule has 5 aliphatic rings. The number of hydrogen-bond acceptors (Lipinski definition) is 6. The van der Waals surface area contributed by atoms with Gasteiger partial charge in [-0.3, -0.25) is 9.11 Å². The predicted molar refractivity (Wildman–Crippen MR) is 161 cm³/mol. The zero-order valence-electron chi connectivity index (χ0n) is 26.2. The molecule has 1 aromatic carbocycles. The summed E-state index contributed by atoms with van der Waals surface area (Å²) in [4.78, 5) is 15.0. The molecule has 46 heavy (non-hydrogen) atoms. The number of morpholine rings is 1. The highest BCUT2D eigenvalue weighted by atomic mass is 32.2. The highest BCUT2D eigenvalue weighted by molar-refractivity contribution is 7.84. The zero-order valence-corrected chi connectivity index (χ0v) is 27.0. The van der Waals surface area contributed by atoms with Gasteiger partial charge in [0.25, 0.3) is 0 Å². The van der Waals surface area contributed by atoms with Crippen molar-refractivity contribution in [2.75, 3.05) is 24.7 Å². The topological polar surface area (TPSA) is 88.1 Å². The van der Waals surface area contributed by atoms with Gasteiger partial charge in [-0.1, -0.05) is 13.0 Å². The molecule has 13 heteroatoms. The van der Waals surface area contributed by atoms with Crippen LogP contribution in [0, 0.1) is 23.2 Å². The van der Waals surface area contributed by atoms with Crippen LogP contribution in [0.25, 0.3) is 0 Å². The molecule has 2 aliphatic heterocycles. The Kier molecular flexibility index (Phi) is 9.79. The Morgan fingerprint density at radius 1 is 1.09 bits per heavy atom. The highest BCUT2D eigenvalue weighted by Gasteiger charge is 2.58. The molecule has 6 rings (SSSR count). The monoisotopic (exact) mass is 676 g/mol. The van der Waals surface area contributed by atoms with Crippen molar-refractivity contribution in [2.24, 2.45) is 23.2 Å². The van der Waals surface area contributed by atoms with Gasteiger partial charge in [0, 0.05) is 34.8 Å². The number of halogens is 5. The minimum atomic E-state index is -5.60. The number of amides is 1. The Hall–Kier alpha value is -1.83. The molecule has 2 saturated carbocycles. The molecule has 0 spiro atoms. The van der Waals surface area contributed by atoms with Gasteiger partial charge < -0.3 is 14.7 Å². The summed E-state index contributed by atoms with van der Waals surface area (Å²) in [6.07, 6.45) is -0.0834. The van der Waals surface area contributed by atoms with Gasteiger partial charge in [0.15, 0.2) is 0 Å².